The Labute approximate surface area is 80.7 Å². The molecule has 0 unspecified atom stereocenters. The van der Waals surface area contributed by atoms with E-state index in [-0.39, 0.29) is 12.4 Å². The molecule has 0 atom stereocenters. The number of hydrogen-bond donors (Lipinski definition) is 1. The SMILES string of the molecule is C#CC1CC2(CCNCC2)C1.Cl. The summed E-state index contributed by atoms with van der Waals surface area (Å²) in [6.45, 7) is 2.41. The van der Waals surface area contributed by atoms with Crippen LogP contribution >= 0.6 is 12.4 Å². The summed E-state index contributed by atoms with van der Waals surface area (Å²) in [5, 5.41) is 3.39. The molecule has 68 valence electrons. The summed E-state index contributed by atoms with van der Waals surface area (Å²) in [6.07, 6.45) is 10.7. The monoisotopic (exact) mass is 185 g/mol. The third-order valence-electron chi connectivity index (χ3n) is 3.26. The molecule has 2 fully saturated rings. The Bertz CT molecular complexity index is 181. The molecule has 1 nitrogen and oxygen atoms in total. The van der Waals surface area contributed by atoms with E-state index in [0.717, 1.165) is 0 Å². The van der Waals surface area contributed by atoms with E-state index in [2.05, 4.69) is 11.2 Å². The number of terminal acetylenes is 1. The van der Waals surface area contributed by atoms with Crippen molar-refractivity contribution in [2.75, 3.05) is 13.1 Å². The first kappa shape index (κ1) is 9.89. The summed E-state index contributed by atoms with van der Waals surface area (Å²) in [5.74, 6) is 3.46. The summed E-state index contributed by atoms with van der Waals surface area (Å²) < 4.78 is 0. The van der Waals surface area contributed by atoms with Gasteiger partial charge in [0.05, 0.1) is 0 Å². The molecule has 0 aromatic rings. The molecule has 1 N–H and O–H groups in total. The second-order valence-electron chi connectivity index (χ2n) is 4.02. The average Bonchev–Trinajstić information content (AvgIpc) is 2.01. The fourth-order valence-electron chi connectivity index (χ4n) is 2.47. The molecular formula is C10H16ClN. The van der Waals surface area contributed by atoms with Crippen LogP contribution in [-0.4, -0.2) is 13.1 Å². The zero-order valence-corrected chi connectivity index (χ0v) is 8.12. The van der Waals surface area contributed by atoms with Gasteiger partial charge in [0, 0.05) is 5.92 Å². The molecule has 2 aliphatic rings. The molecule has 0 aromatic carbocycles. The zero-order chi connectivity index (χ0) is 7.73. The summed E-state index contributed by atoms with van der Waals surface area (Å²) in [4.78, 5) is 0. The first-order chi connectivity index (χ1) is 5.35. The first-order valence-electron chi connectivity index (χ1n) is 4.52. The van der Waals surface area contributed by atoms with Crippen LogP contribution < -0.4 is 5.32 Å². The minimum Gasteiger partial charge on any atom is -0.317 e. The van der Waals surface area contributed by atoms with Crippen molar-refractivity contribution >= 4 is 12.4 Å². The second kappa shape index (κ2) is 3.68. The van der Waals surface area contributed by atoms with Crippen molar-refractivity contribution in [2.24, 2.45) is 11.3 Å². The standard InChI is InChI=1S/C10H15N.ClH/c1-2-9-7-10(8-9)3-5-11-6-4-10;/h1,9,11H,3-8H2;1H. The molecule has 0 amide bonds. The van der Waals surface area contributed by atoms with Crippen LogP contribution in [0, 0.1) is 23.7 Å². The van der Waals surface area contributed by atoms with Crippen molar-refractivity contribution in [3.8, 4) is 12.3 Å². The van der Waals surface area contributed by atoms with E-state index in [0.29, 0.717) is 11.3 Å². The van der Waals surface area contributed by atoms with Gasteiger partial charge in [0.15, 0.2) is 0 Å². The van der Waals surface area contributed by atoms with E-state index in [1.54, 1.807) is 0 Å². The van der Waals surface area contributed by atoms with Gasteiger partial charge in [0.1, 0.15) is 0 Å². The number of halogens is 1. The van der Waals surface area contributed by atoms with Crippen LogP contribution in [0.5, 0.6) is 0 Å². The molecule has 0 radical (unpaired) electrons. The number of hydrogen-bond acceptors (Lipinski definition) is 1. The van der Waals surface area contributed by atoms with E-state index >= 15 is 0 Å². The van der Waals surface area contributed by atoms with Gasteiger partial charge in [-0.1, -0.05) is 0 Å². The van der Waals surface area contributed by atoms with Crippen LogP contribution in [0.3, 0.4) is 0 Å². The van der Waals surface area contributed by atoms with Crippen molar-refractivity contribution in [3.05, 3.63) is 0 Å². The molecular weight excluding hydrogens is 170 g/mol. The maximum atomic E-state index is 5.36. The Balaban J connectivity index is 0.000000720. The zero-order valence-electron chi connectivity index (χ0n) is 7.31. The summed E-state index contributed by atoms with van der Waals surface area (Å²) in [5.41, 5.74) is 0.669. The molecule has 1 saturated carbocycles. The lowest BCUT2D eigenvalue weighted by molar-refractivity contribution is 0.0502. The molecule has 1 saturated heterocycles. The van der Waals surface area contributed by atoms with Gasteiger partial charge >= 0.3 is 0 Å². The van der Waals surface area contributed by atoms with Crippen LogP contribution in [0.4, 0.5) is 0 Å². The number of nitrogens with one attached hydrogen (secondary N) is 1. The van der Waals surface area contributed by atoms with Crippen molar-refractivity contribution in [3.63, 3.8) is 0 Å². The third-order valence-corrected chi connectivity index (χ3v) is 3.26. The van der Waals surface area contributed by atoms with Gasteiger partial charge in [-0.15, -0.1) is 24.8 Å². The lowest BCUT2D eigenvalue weighted by atomic mass is 9.58. The number of rotatable bonds is 0. The van der Waals surface area contributed by atoms with Crippen molar-refractivity contribution in [1.82, 2.24) is 5.32 Å². The fourth-order valence-corrected chi connectivity index (χ4v) is 2.47. The molecule has 1 spiro atoms. The van der Waals surface area contributed by atoms with Crippen LogP contribution in [0.1, 0.15) is 25.7 Å². The maximum Gasteiger partial charge on any atom is 0.0210 e. The van der Waals surface area contributed by atoms with Crippen molar-refractivity contribution < 1.29 is 0 Å². The van der Waals surface area contributed by atoms with E-state index in [1.165, 1.54) is 38.8 Å². The highest BCUT2D eigenvalue weighted by Crippen LogP contribution is 2.51. The Morgan fingerprint density at radius 3 is 2.33 bits per heavy atom. The summed E-state index contributed by atoms with van der Waals surface area (Å²) >= 11 is 0. The molecule has 1 heterocycles. The normalized spacial score (nSPS) is 26.9. The largest absolute Gasteiger partial charge is 0.317 e. The minimum atomic E-state index is 0. The van der Waals surface area contributed by atoms with Crippen molar-refractivity contribution in [2.45, 2.75) is 25.7 Å². The third kappa shape index (κ3) is 1.60. The maximum absolute atomic E-state index is 5.36. The molecule has 0 aromatic heterocycles. The van der Waals surface area contributed by atoms with Gasteiger partial charge < -0.3 is 5.32 Å². The quantitative estimate of drug-likeness (QED) is 0.568. The topological polar surface area (TPSA) is 12.0 Å². The Hall–Kier alpha value is -0.190. The fraction of sp³-hybridized carbons (Fsp3) is 0.800. The van der Waals surface area contributed by atoms with E-state index in [4.69, 9.17) is 6.42 Å². The predicted molar refractivity (Wildman–Crippen MR) is 53.3 cm³/mol. The summed E-state index contributed by atoms with van der Waals surface area (Å²) in [6, 6.07) is 0. The molecule has 2 rings (SSSR count). The smallest absolute Gasteiger partial charge is 0.0210 e. The lowest BCUT2D eigenvalue weighted by Crippen LogP contribution is -2.44. The van der Waals surface area contributed by atoms with Crippen LogP contribution in [0.25, 0.3) is 0 Å². The average molecular weight is 186 g/mol. The second-order valence-corrected chi connectivity index (χ2v) is 4.02. The molecule has 1 aliphatic carbocycles. The van der Waals surface area contributed by atoms with Gasteiger partial charge in [-0.2, -0.15) is 0 Å². The Kier molecular flexibility index (Phi) is 3.04. The van der Waals surface area contributed by atoms with E-state index in [9.17, 15) is 0 Å². The number of piperidine rings is 1. The van der Waals surface area contributed by atoms with Gasteiger partial charge in [0.25, 0.3) is 0 Å². The van der Waals surface area contributed by atoms with E-state index in [1.807, 2.05) is 0 Å². The molecule has 1 aliphatic heterocycles. The lowest BCUT2D eigenvalue weighted by Gasteiger charge is -2.48. The van der Waals surface area contributed by atoms with Gasteiger partial charge in [-0.05, 0) is 44.2 Å². The highest BCUT2D eigenvalue weighted by atomic mass is 35.5. The minimum absolute atomic E-state index is 0. The molecule has 12 heavy (non-hydrogen) atoms. The summed E-state index contributed by atoms with van der Waals surface area (Å²) in [7, 11) is 0. The van der Waals surface area contributed by atoms with E-state index < -0.39 is 0 Å². The Morgan fingerprint density at radius 1 is 1.25 bits per heavy atom. The van der Waals surface area contributed by atoms with Crippen LogP contribution in [0.15, 0.2) is 0 Å². The predicted octanol–water partition coefficient (Wildman–Crippen LogP) is 1.82. The van der Waals surface area contributed by atoms with Crippen LogP contribution in [-0.2, 0) is 0 Å². The van der Waals surface area contributed by atoms with Gasteiger partial charge in [0.2, 0.25) is 0 Å². The van der Waals surface area contributed by atoms with Gasteiger partial charge in [-0.3, -0.25) is 0 Å². The molecule has 2 heteroatoms. The van der Waals surface area contributed by atoms with Crippen molar-refractivity contribution in [1.29, 1.82) is 0 Å². The first-order valence-corrected chi connectivity index (χ1v) is 4.52. The highest BCUT2D eigenvalue weighted by molar-refractivity contribution is 5.85. The Morgan fingerprint density at radius 2 is 1.83 bits per heavy atom. The van der Waals surface area contributed by atoms with Gasteiger partial charge in [-0.25, -0.2) is 0 Å². The highest BCUT2D eigenvalue weighted by Gasteiger charge is 2.43. The van der Waals surface area contributed by atoms with Crippen LogP contribution in [0.2, 0.25) is 0 Å². The molecule has 0 bridgehead atoms.